The second-order valence-electron chi connectivity index (χ2n) is 6.15. The number of carbonyl (C=O) groups excluding carboxylic acids is 1. The SMILES string of the molecule is CC(C)(C)C(CCN)CCC(=O)NCc1sccc1Br. The van der Waals surface area contributed by atoms with E-state index in [0.29, 0.717) is 25.4 Å². The lowest BCUT2D eigenvalue weighted by Gasteiger charge is -2.30. The monoisotopic (exact) mass is 360 g/mol. The quantitative estimate of drug-likeness (QED) is 0.773. The number of hydrogen-bond acceptors (Lipinski definition) is 3. The summed E-state index contributed by atoms with van der Waals surface area (Å²) < 4.78 is 1.07. The van der Waals surface area contributed by atoms with Crippen LogP contribution in [-0.2, 0) is 11.3 Å². The summed E-state index contributed by atoms with van der Waals surface area (Å²) in [6.07, 6.45) is 2.45. The van der Waals surface area contributed by atoms with E-state index < -0.39 is 0 Å². The second kappa shape index (κ2) is 8.15. The van der Waals surface area contributed by atoms with E-state index in [-0.39, 0.29) is 11.3 Å². The van der Waals surface area contributed by atoms with Crippen LogP contribution < -0.4 is 11.1 Å². The third kappa shape index (κ3) is 5.94. The summed E-state index contributed by atoms with van der Waals surface area (Å²) in [4.78, 5) is 13.1. The molecule has 0 aliphatic heterocycles. The predicted molar refractivity (Wildman–Crippen MR) is 89.7 cm³/mol. The largest absolute Gasteiger partial charge is 0.351 e. The van der Waals surface area contributed by atoms with Crippen molar-refractivity contribution in [3.05, 3.63) is 20.8 Å². The molecule has 3 nitrogen and oxygen atoms in total. The smallest absolute Gasteiger partial charge is 0.220 e. The highest BCUT2D eigenvalue weighted by molar-refractivity contribution is 9.10. The summed E-state index contributed by atoms with van der Waals surface area (Å²) in [5.74, 6) is 0.614. The van der Waals surface area contributed by atoms with E-state index in [4.69, 9.17) is 5.73 Å². The molecule has 0 saturated carbocycles. The minimum atomic E-state index is 0.122. The molecule has 1 heterocycles. The lowest BCUT2D eigenvalue weighted by molar-refractivity contribution is -0.121. The van der Waals surface area contributed by atoms with Gasteiger partial charge in [-0.3, -0.25) is 4.79 Å². The van der Waals surface area contributed by atoms with Crippen molar-refractivity contribution in [3.63, 3.8) is 0 Å². The molecule has 0 bridgehead atoms. The normalized spacial score (nSPS) is 13.2. The van der Waals surface area contributed by atoms with Crippen LogP contribution in [0.2, 0.25) is 0 Å². The van der Waals surface area contributed by atoms with E-state index in [1.807, 2.05) is 11.4 Å². The Morgan fingerprint density at radius 3 is 2.65 bits per heavy atom. The van der Waals surface area contributed by atoms with Crippen LogP contribution in [0.1, 0.15) is 44.9 Å². The van der Waals surface area contributed by atoms with Crippen molar-refractivity contribution >= 4 is 33.2 Å². The van der Waals surface area contributed by atoms with Gasteiger partial charge in [0.05, 0.1) is 6.54 Å². The molecule has 114 valence electrons. The van der Waals surface area contributed by atoms with Crippen LogP contribution in [0.4, 0.5) is 0 Å². The molecule has 0 aliphatic rings. The van der Waals surface area contributed by atoms with Crippen LogP contribution in [0.3, 0.4) is 0 Å². The predicted octanol–water partition coefficient (Wildman–Crippen LogP) is 3.92. The first-order valence-corrected chi connectivity index (χ1v) is 8.70. The fraction of sp³-hybridized carbons (Fsp3) is 0.667. The van der Waals surface area contributed by atoms with E-state index in [1.54, 1.807) is 11.3 Å². The fourth-order valence-corrected chi connectivity index (χ4v) is 3.67. The van der Waals surface area contributed by atoms with Gasteiger partial charge in [-0.05, 0) is 58.1 Å². The van der Waals surface area contributed by atoms with E-state index in [9.17, 15) is 4.79 Å². The fourth-order valence-electron chi connectivity index (χ4n) is 2.24. The van der Waals surface area contributed by atoms with Gasteiger partial charge in [0.15, 0.2) is 0 Å². The van der Waals surface area contributed by atoms with Gasteiger partial charge < -0.3 is 11.1 Å². The number of halogens is 1. The summed E-state index contributed by atoms with van der Waals surface area (Å²) in [5.41, 5.74) is 5.87. The minimum Gasteiger partial charge on any atom is -0.351 e. The Bertz CT molecular complexity index is 426. The van der Waals surface area contributed by atoms with Crippen LogP contribution in [-0.4, -0.2) is 12.5 Å². The summed E-state index contributed by atoms with van der Waals surface area (Å²) >= 11 is 5.12. The average molecular weight is 361 g/mol. The molecule has 3 N–H and O–H groups in total. The third-order valence-electron chi connectivity index (χ3n) is 3.60. The number of carbonyl (C=O) groups is 1. The maximum Gasteiger partial charge on any atom is 0.220 e. The highest BCUT2D eigenvalue weighted by Crippen LogP contribution is 2.32. The van der Waals surface area contributed by atoms with E-state index in [2.05, 4.69) is 42.0 Å². The second-order valence-corrected chi connectivity index (χ2v) is 8.00. The van der Waals surface area contributed by atoms with Crippen molar-refractivity contribution in [1.82, 2.24) is 5.32 Å². The standard InChI is InChI=1S/C15H25BrN2OS/c1-15(2,3)11(6-8-17)4-5-14(19)18-10-13-12(16)7-9-20-13/h7,9,11H,4-6,8,10,17H2,1-3H3,(H,18,19). The molecule has 1 unspecified atom stereocenters. The first-order valence-electron chi connectivity index (χ1n) is 7.03. The van der Waals surface area contributed by atoms with Crippen LogP contribution in [0, 0.1) is 11.3 Å². The molecule has 0 saturated heterocycles. The zero-order chi connectivity index (χ0) is 15.2. The highest BCUT2D eigenvalue weighted by atomic mass is 79.9. The van der Waals surface area contributed by atoms with Crippen molar-refractivity contribution in [2.45, 2.75) is 46.6 Å². The van der Waals surface area contributed by atoms with Crippen LogP contribution in [0.25, 0.3) is 0 Å². The van der Waals surface area contributed by atoms with E-state index in [1.165, 1.54) is 0 Å². The lowest BCUT2D eigenvalue weighted by atomic mass is 9.76. The number of amides is 1. The minimum absolute atomic E-state index is 0.122. The average Bonchev–Trinajstić information content (AvgIpc) is 2.76. The van der Waals surface area contributed by atoms with Gasteiger partial charge >= 0.3 is 0 Å². The molecule has 20 heavy (non-hydrogen) atoms. The first-order chi connectivity index (χ1) is 9.34. The topological polar surface area (TPSA) is 55.1 Å². The number of hydrogen-bond donors (Lipinski definition) is 2. The Labute approximate surface area is 134 Å². The van der Waals surface area contributed by atoms with Gasteiger partial charge in [-0.1, -0.05) is 20.8 Å². The number of thiophene rings is 1. The summed E-state index contributed by atoms with van der Waals surface area (Å²) in [6.45, 7) is 7.94. The zero-order valence-corrected chi connectivity index (χ0v) is 14.9. The Morgan fingerprint density at radius 2 is 2.15 bits per heavy atom. The lowest BCUT2D eigenvalue weighted by Crippen LogP contribution is -2.27. The molecule has 1 rings (SSSR count). The highest BCUT2D eigenvalue weighted by Gasteiger charge is 2.24. The van der Waals surface area contributed by atoms with Gasteiger partial charge in [-0.15, -0.1) is 11.3 Å². The van der Waals surface area contributed by atoms with Crippen molar-refractivity contribution in [1.29, 1.82) is 0 Å². The van der Waals surface area contributed by atoms with Crippen LogP contribution in [0.15, 0.2) is 15.9 Å². The Morgan fingerprint density at radius 1 is 1.45 bits per heavy atom. The van der Waals surface area contributed by atoms with Crippen LogP contribution >= 0.6 is 27.3 Å². The molecule has 1 atom stereocenters. The molecule has 0 radical (unpaired) electrons. The van der Waals surface area contributed by atoms with Gasteiger partial charge in [0, 0.05) is 15.8 Å². The Balaban J connectivity index is 2.36. The first kappa shape index (κ1) is 17.7. The number of nitrogens with one attached hydrogen (secondary N) is 1. The van der Waals surface area contributed by atoms with Gasteiger partial charge in [-0.25, -0.2) is 0 Å². The molecule has 1 aromatic rings. The third-order valence-corrected chi connectivity index (χ3v) is 5.52. The molecule has 0 aromatic carbocycles. The summed E-state index contributed by atoms with van der Waals surface area (Å²) in [7, 11) is 0. The molecule has 0 spiro atoms. The summed E-state index contributed by atoms with van der Waals surface area (Å²) in [5, 5.41) is 5.00. The molecule has 0 aliphatic carbocycles. The maximum atomic E-state index is 11.9. The molecule has 1 aromatic heterocycles. The van der Waals surface area contributed by atoms with E-state index >= 15 is 0 Å². The van der Waals surface area contributed by atoms with Gasteiger partial charge in [0.25, 0.3) is 0 Å². The molecule has 1 amide bonds. The Kier molecular flexibility index (Phi) is 7.20. The maximum absolute atomic E-state index is 11.9. The number of rotatable bonds is 7. The van der Waals surface area contributed by atoms with Gasteiger partial charge in [0.1, 0.15) is 0 Å². The number of nitrogens with two attached hydrogens (primary N) is 1. The van der Waals surface area contributed by atoms with Gasteiger partial charge in [0.2, 0.25) is 5.91 Å². The van der Waals surface area contributed by atoms with Crippen molar-refractivity contribution in [2.24, 2.45) is 17.1 Å². The molecule has 0 fully saturated rings. The van der Waals surface area contributed by atoms with Gasteiger partial charge in [-0.2, -0.15) is 0 Å². The Hall–Kier alpha value is -0.390. The summed E-state index contributed by atoms with van der Waals surface area (Å²) in [6, 6.07) is 2.00. The zero-order valence-electron chi connectivity index (χ0n) is 12.5. The van der Waals surface area contributed by atoms with Crippen LogP contribution in [0.5, 0.6) is 0 Å². The van der Waals surface area contributed by atoms with Crippen molar-refractivity contribution in [3.8, 4) is 0 Å². The molecular weight excluding hydrogens is 336 g/mol. The molecule has 5 heteroatoms. The van der Waals surface area contributed by atoms with E-state index in [0.717, 1.165) is 22.2 Å². The van der Waals surface area contributed by atoms with Crippen molar-refractivity contribution in [2.75, 3.05) is 6.54 Å². The molecular formula is C15H25BrN2OS. The van der Waals surface area contributed by atoms with Crippen molar-refractivity contribution < 1.29 is 4.79 Å².